The number of rotatable bonds is 9. The van der Waals surface area contributed by atoms with E-state index in [9.17, 15) is 13.2 Å². The summed E-state index contributed by atoms with van der Waals surface area (Å²) in [4.78, 5) is 17.6. The van der Waals surface area contributed by atoms with Gasteiger partial charge in [0.25, 0.3) is 5.91 Å². The third-order valence-corrected chi connectivity index (χ3v) is 7.80. The molecule has 4 rings (SSSR count). The molecule has 2 saturated heterocycles. The Balaban J connectivity index is 1.32. The molecule has 0 spiro atoms. The maximum absolute atomic E-state index is 12.7. The molecule has 34 heavy (non-hydrogen) atoms. The number of piperazine rings is 1. The van der Waals surface area contributed by atoms with E-state index >= 15 is 0 Å². The van der Waals surface area contributed by atoms with Crippen molar-refractivity contribution in [3.05, 3.63) is 65.2 Å². The molecule has 2 aromatic carbocycles. The van der Waals surface area contributed by atoms with Crippen LogP contribution in [0.5, 0.6) is 0 Å². The van der Waals surface area contributed by atoms with Crippen molar-refractivity contribution in [3.63, 3.8) is 0 Å². The first kappa shape index (κ1) is 24.8. The third kappa shape index (κ3) is 6.86. The van der Waals surface area contributed by atoms with Crippen LogP contribution in [0, 0.1) is 0 Å². The fourth-order valence-corrected chi connectivity index (χ4v) is 5.39. The van der Waals surface area contributed by atoms with Crippen molar-refractivity contribution < 1.29 is 17.9 Å². The Hall–Kier alpha value is -2.30. The Kier molecular flexibility index (Phi) is 8.33. The number of sulfonamides is 1. The van der Waals surface area contributed by atoms with E-state index in [4.69, 9.17) is 4.74 Å². The van der Waals surface area contributed by atoms with Crippen molar-refractivity contribution >= 4 is 15.9 Å². The summed E-state index contributed by atoms with van der Waals surface area (Å²) in [5.41, 5.74) is 2.55. The van der Waals surface area contributed by atoms with Gasteiger partial charge in [-0.05, 0) is 49.2 Å². The van der Waals surface area contributed by atoms with Gasteiger partial charge in [-0.1, -0.05) is 30.3 Å². The predicted octanol–water partition coefficient (Wildman–Crippen LogP) is 1.82. The number of carbonyl (C=O) groups is 1. The van der Waals surface area contributed by atoms with Gasteiger partial charge in [-0.2, -0.15) is 0 Å². The summed E-state index contributed by atoms with van der Waals surface area (Å²) in [6.07, 6.45) is 1.70. The average molecular weight is 487 g/mol. The summed E-state index contributed by atoms with van der Waals surface area (Å²) < 4.78 is 33.4. The van der Waals surface area contributed by atoms with Crippen molar-refractivity contribution in [2.24, 2.45) is 0 Å². The lowest BCUT2D eigenvalue weighted by Gasteiger charge is -2.32. The second-order valence-electron chi connectivity index (χ2n) is 9.10. The second-order valence-corrected chi connectivity index (χ2v) is 10.9. The van der Waals surface area contributed by atoms with E-state index in [-0.39, 0.29) is 23.5 Å². The van der Waals surface area contributed by atoms with Gasteiger partial charge < -0.3 is 15.0 Å². The van der Waals surface area contributed by atoms with Gasteiger partial charge in [-0.25, -0.2) is 13.1 Å². The molecule has 0 bridgehead atoms. The largest absolute Gasteiger partial charge is 0.377 e. The van der Waals surface area contributed by atoms with Crippen LogP contribution in [0.25, 0.3) is 0 Å². The fourth-order valence-electron chi connectivity index (χ4n) is 4.28. The highest BCUT2D eigenvalue weighted by atomic mass is 32.2. The molecular formula is C25H34N4O4S. The highest BCUT2D eigenvalue weighted by molar-refractivity contribution is 7.89. The van der Waals surface area contributed by atoms with Gasteiger partial charge in [0.05, 0.1) is 11.0 Å². The summed E-state index contributed by atoms with van der Waals surface area (Å²) in [5.74, 6) is -0.305. The van der Waals surface area contributed by atoms with Crippen LogP contribution in [0.1, 0.15) is 34.3 Å². The lowest BCUT2D eigenvalue weighted by atomic mass is 10.1. The zero-order valence-electron chi connectivity index (χ0n) is 19.7. The Morgan fingerprint density at radius 2 is 1.82 bits per heavy atom. The van der Waals surface area contributed by atoms with Gasteiger partial charge in [0.2, 0.25) is 10.0 Å². The van der Waals surface area contributed by atoms with Crippen molar-refractivity contribution in [2.45, 2.75) is 36.9 Å². The van der Waals surface area contributed by atoms with Gasteiger partial charge in [0.15, 0.2) is 0 Å². The molecule has 1 atom stereocenters. The minimum Gasteiger partial charge on any atom is -0.377 e. The van der Waals surface area contributed by atoms with E-state index in [2.05, 4.69) is 39.0 Å². The Morgan fingerprint density at radius 3 is 2.59 bits per heavy atom. The van der Waals surface area contributed by atoms with Gasteiger partial charge in [0.1, 0.15) is 0 Å². The summed E-state index contributed by atoms with van der Waals surface area (Å²) >= 11 is 0. The number of nitrogens with one attached hydrogen (secondary N) is 2. The molecule has 2 aromatic rings. The van der Waals surface area contributed by atoms with Crippen LogP contribution >= 0.6 is 0 Å². The molecule has 0 aromatic heterocycles. The second kappa shape index (κ2) is 11.4. The monoisotopic (exact) mass is 486 g/mol. The lowest BCUT2D eigenvalue weighted by molar-refractivity contribution is 0.0950. The number of carbonyl (C=O) groups excluding carboxylic acids is 1. The third-order valence-electron chi connectivity index (χ3n) is 6.38. The smallest absolute Gasteiger partial charge is 0.251 e. The van der Waals surface area contributed by atoms with E-state index < -0.39 is 10.0 Å². The van der Waals surface area contributed by atoms with Crippen LogP contribution in [0.15, 0.2) is 53.4 Å². The zero-order chi connectivity index (χ0) is 24.0. The topological polar surface area (TPSA) is 91.0 Å². The first-order valence-corrected chi connectivity index (χ1v) is 13.4. The van der Waals surface area contributed by atoms with Gasteiger partial charge in [-0.3, -0.25) is 9.69 Å². The van der Waals surface area contributed by atoms with Crippen LogP contribution in [-0.4, -0.2) is 76.6 Å². The van der Waals surface area contributed by atoms with Crippen LogP contribution in [-0.2, 0) is 27.8 Å². The van der Waals surface area contributed by atoms with E-state index in [0.717, 1.165) is 51.1 Å². The molecule has 1 amide bonds. The number of benzene rings is 2. The summed E-state index contributed by atoms with van der Waals surface area (Å²) in [7, 11) is -1.57. The quantitative estimate of drug-likeness (QED) is 0.562. The van der Waals surface area contributed by atoms with Gasteiger partial charge in [-0.15, -0.1) is 0 Å². The molecule has 2 aliphatic rings. The molecule has 2 heterocycles. The first-order chi connectivity index (χ1) is 16.4. The Labute approximate surface area is 202 Å². The molecule has 8 nitrogen and oxygen atoms in total. The Bertz CT molecular complexity index is 1080. The fraction of sp³-hybridized carbons (Fsp3) is 0.480. The lowest BCUT2D eigenvalue weighted by Crippen LogP contribution is -2.43. The average Bonchev–Trinajstić information content (AvgIpc) is 3.37. The molecule has 2 fully saturated rings. The van der Waals surface area contributed by atoms with E-state index in [1.807, 2.05) is 12.1 Å². The first-order valence-electron chi connectivity index (χ1n) is 11.9. The number of hydrogen-bond donors (Lipinski definition) is 2. The van der Waals surface area contributed by atoms with Crippen LogP contribution < -0.4 is 10.0 Å². The molecule has 1 unspecified atom stereocenters. The molecule has 9 heteroatoms. The maximum atomic E-state index is 12.7. The molecule has 184 valence electrons. The minimum absolute atomic E-state index is 0.0762. The molecule has 2 aliphatic heterocycles. The molecule has 0 radical (unpaired) electrons. The van der Waals surface area contributed by atoms with E-state index in [1.165, 1.54) is 17.7 Å². The highest BCUT2D eigenvalue weighted by Gasteiger charge is 2.21. The van der Waals surface area contributed by atoms with Crippen molar-refractivity contribution in [1.29, 1.82) is 0 Å². The number of likely N-dealkylation sites (N-methyl/N-ethyl adjacent to an activating group) is 1. The molecule has 0 saturated carbocycles. The summed E-state index contributed by atoms with van der Waals surface area (Å²) in [6.45, 7) is 6.45. The van der Waals surface area contributed by atoms with Crippen LogP contribution in [0.2, 0.25) is 0 Å². The van der Waals surface area contributed by atoms with Crippen LogP contribution in [0.4, 0.5) is 0 Å². The SMILES string of the molecule is CN1CCN(Cc2cccc(CNC(=O)c3cccc(S(=O)(=O)NCC4CCCO4)c3)c2)CC1. The number of nitrogens with zero attached hydrogens (tertiary/aromatic N) is 2. The maximum Gasteiger partial charge on any atom is 0.251 e. The van der Waals surface area contributed by atoms with Crippen molar-refractivity contribution in [2.75, 3.05) is 46.4 Å². The van der Waals surface area contributed by atoms with Crippen molar-refractivity contribution in [1.82, 2.24) is 19.8 Å². The minimum atomic E-state index is -3.71. The predicted molar refractivity (Wildman–Crippen MR) is 131 cm³/mol. The number of ether oxygens (including phenoxy) is 1. The molecule has 2 N–H and O–H groups in total. The normalized spacial score (nSPS) is 19.9. The zero-order valence-corrected chi connectivity index (χ0v) is 20.5. The highest BCUT2D eigenvalue weighted by Crippen LogP contribution is 2.15. The van der Waals surface area contributed by atoms with E-state index in [1.54, 1.807) is 12.1 Å². The molecular weight excluding hydrogens is 452 g/mol. The Morgan fingerprint density at radius 1 is 1.06 bits per heavy atom. The van der Waals surface area contributed by atoms with Crippen LogP contribution in [0.3, 0.4) is 0 Å². The van der Waals surface area contributed by atoms with Crippen molar-refractivity contribution in [3.8, 4) is 0 Å². The number of hydrogen-bond acceptors (Lipinski definition) is 6. The standard InChI is InChI=1S/C25H34N4O4S/c1-28-10-12-29(13-11-28)19-21-6-2-5-20(15-21)17-26-25(30)22-7-3-9-24(16-22)34(31,32)27-18-23-8-4-14-33-23/h2-3,5-7,9,15-16,23,27H,4,8,10-14,17-19H2,1H3,(H,26,30). The van der Waals surface area contributed by atoms with Gasteiger partial charge in [0, 0.05) is 58.0 Å². The molecule has 0 aliphatic carbocycles. The number of amides is 1. The summed E-state index contributed by atoms with van der Waals surface area (Å²) in [6, 6.07) is 14.4. The summed E-state index contributed by atoms with van der Waals surface area (Å²) in [5, 5.41) is 2.91. The van der Waals surface area contributed by atoms with E-state index in [0.29, 0.717) is 18.7 Å². The van der Waals surface area contributed by atoms with Gasteiger partial charge >= 0.3 is 0 Å².